The number of carbonyl (C=O) groups is 1. The molecule has 1 unspecified atom stereocenters. The zero-order valence-corrected chi connectivity index (χ0v) is 14.1. The zero-order chi connectivity index (χ0) is 15.3. The number of piperidine rings is 2. The summed E-state index contributed by atoms with van der Waals surface area (Å²) in [6.07, 6.45) is 6.61. The number of hydrogen-bond acceptors (Lipinski definition) is 3. The monoisotopic (exact) mass is 295 g/mol. The maximum atomic E-state index is 12.8. The highest BCUT2D eigenvalue weighted by Crippen LogP contribution is 2.33. The molecular formula is C17H33N3O. The van der Waals surface area contributed by atoms with E-state index >= 15 is 0 Å². The maximum Gasteiger partial charge on any atom is 0.227 e. The fourth-order valence-corrected chi connectivity index (χ4v) is 3.78. The summed E-state index contributed by atoms with van der Waals surface area (Å²) < 4.78 is 0. The Balaban J connectivity index is 1.90. The molecule has 0 radical (unpaired) electrons. The van der Waals surface area contributed by atoms with E-state index in [9.17, 15) is 4.79 Å². The minimum atomic E-state index is -0.158. The van der Waals surface area contributed by atoms with Gasteiger partial charge in [0.15, 0.2) is 0 Å². The van der Waals surface area contributed by atoms with Crippen LogP contribution in [0, 0.1) is 10.8 Å². The molecule has 2 rings (SSSR count). The van der Waals surface area contributed by atoms with Crippen LogP contribution in [0.2, 0.25) is 0 Å². The molecule has 4 nitrogen and oxygen atoms in total. The molecule has 0 aromatic rings. The Hall–Kier alpha value is -0.610. The molecule has 21 heavy (non-hydrogen) atoms. The predicted molar refractivity (Wildman–Crippen MR) is 87.3 cm³/mol. The van der Waals surface area contributed by atoms with Gasteiger partial charge in [-0.2, -0.15) is 0 Å². The van der Waals surface area contributed by atoms with Crippen LogP contribution in [-0.4, -0.2) is 50.6 Å². The van der Waals surface area contributed by atoms with E-state index in [4.69, 9.17) is 0 Å². The second-order valence-electron chi connectivity index (χ2n) is 7.61. The van der Waals surface area contributed by atoms with Gasteiger partial charge in [0.05, 0.1) is 5.41 Å². The van der Waals surface area contributed by atoms with Crippen LogP contribution in [0.25, 0.3) is 0 Å². The number of carbonyl (C=O) groups excluding carboxylic acids is 1. The average Bonchev–Trinajstić information content (AvgIpc) is 2.49. The summed E-state index contributed by atoms with van der Waals surface area (Å²) in [5.41, 5.74) is 0.118. The standard InChI is InChI=1S/C17H33N3O/c1-4-6-17(7-5-10-18-14-17)15(21)19-13-16(2)8-11-20(3)12-9-16/h18H,4-14H2,1-3H3,(H,19,21). The van der Waals surface area contributed by atoms with Crippen LogP contribution >= 0.6 is 0 Å². The minimum Gasteiger partial charge on any atom is -0.355 e. The highest BCUT2D eigenvalue weighted by atomic mass is 16.2. The Kier molecular flexibility index (Phi) is 5.67. The third kappa shape index (κ3) is 4.19. The Morgan fingerprint density at radius 2 is 2.00 bits per heavy atom. The summed E-state index contributed by atoms with van der Waals surface area (Å²) in [6, 6.07) is 0. The van der Waals surface area contributed by atoms with E-state index in [1.165, 1.54) is 12.8 Å². The topological polar surface area (TPSA) is 44.4 Å². The largest absolute Gasteiger partial charge is 0.355 e. The first-order valence-electron chi connectivity index (χ1n) is 8.67. The van der Waals surface area contributed by atoms with E-state index in [-0.39, 0.29) is 16.7 Å². The Bertz CT molecular complexity index is 336. The molecule has 0 aromatic heterocycles. The number of amides is 1. The van der Waals surface area contributed by atoms with Gasteiger partial charge in [-0.05, 0) is 64.2 Å². The molecule has 2 aliphatic heterocycles. The third-order valence-electron chi connectivity index (χ3n) is 5.55. The van der Waals surface area contributed by atoms with Crippen molar-refractivity contribution in [3.05, 3.63) is 0 Å². The molecule has 2 fully saturated rings. The van der Waals surface area contributed by atoms with Gasteiger partial charge >= 0.3 is 0 Å². The zero-order valence-electron chi connectivity index (χ0n) is 14.1. The van der Waals surface area contributed by atoms with Gasteiger partial charge in [0.1, 0.15) is 0 Å². The fraction of sp³-hybridized carbons (Fsp3) is 0.941. The van der Waals surface area contributed by atoms with Crippen LogP contribution in [0.5, 0.6) is 0 Å². The number of likely N-dealkylation sites (tertiary alicyclic amines) is 1. The summed E-state index contributed by atoms with van der Waals surface area (Å²) >= 11 is 0. The Morgan fingerprint density at radius 1 is 1.29 bits per heavy atom. The van der Waals surface area contributed by atoms with E-state index < -0.39 is 0 Å². The van der Waals surface area contributed by atoms with Crippen molar-refractivity contribution in [1.82, 2.24) is 15.5 Å². The van der Waals surface area contributed by atoms with E-state index in [1.807, 2.05) is 0 Å². The number of nitrogens with one attached hydrogen (secondary N) is 2. The highest BCUT2D eigenvalue weighted by molar-refractivity contribution is 5.83. The molecule has 2 aliphatic rings. The molecule has 2 saturated heterocycles. The first-order valence-corrected chi connectivity index (χ1v) is 8.67. The van der Waals surface area contributed by atoms with Crippen molar-refractivity contribution >= 4 is 5.91 Å². The van der Waals surface area contributed by atoms with Crippen LogP contribution in [0.15, 0.2) is 0 Å². The van der Waals surface area contributed by atoms with Crippen molar-refractivity contribution < 1.29 is 4.79 Å². The first-order chi connectivity index (χ1) is 10.00. The second kappa shape index (κ2) is 7.10. The minimum absolute atomic E-state index is 0.158. The van der Waals surface area contributed by atoms with Crippen molar-refractivity contribution in [1.29, 1.82) is 0 Å². The van der Waals surface area contributed by atoms with Crippen LogP contribution in [0.3, 0.4) is 0 Å². The van der Waals surface area contributed by atoms with Gasteiger partial charge < -0.3 is 15.5 Å². The summed E-state index contributed by atoms with van der Waals surface area (Å²) in [4.78, 5) is 15.2. The molecule has 0 aromatic carbocycles. The fourth-order valence-electron chi connectivity index (χ4n) is 3.78. The van der Waals surface area contributed by atoms with Crippen molar-refractivity contribution in [2.75, 3.05) is 39.8 Å². The molecular weight excluding hydrogens is 262 g/mol. The molecule has 2 heterocycles. The van der Waals surface area contributed by atoms with E-state index in [2.05, 4.69) is 36.4 Å². The Morgan fingerprint density at radius 3 is 2.57 bits per heavy atom. The molecule has 1 atom stereocenters. The molecule has 0 aliphatic carbocycles. The molecule has 0 spiro atoms. The third-order valence-corrected chi connectivity index (χ3v) is 5.55. The molecule has 0 bridgehead atoms. The highest BCUT2D eigenvalue weighted by Gasteiger charge is 2.39. The van der Waals surface area contributed by atoms with Gasteiger partial charge in [-0.25, -0.2) is 0 Å². The molecule has 1 amide bonds. The average molecular weight is 295 g/mol. The number of rotatable bonds is 5. The normalized spacial score (nSPS) is 30.0. The lowest BCUT2D eigenvalue weighted by Gasteiger charge is -2.40. The van der Waals surface area contributed by atoms with E-state index in [0.29, 0.717) is 0 Å². The van der Waals surface area contributed by atoms with Gasteiger partial charge in [0.2, 0.25) is 5.91 Å². The molecule has 4 heteroatoms. The van der Waals surface area contributed by atoms with Gasteiger partial charge in [-0.15, -0.1) is 0 Å². The summed E-state index contributed by atoms with van der Waals surface area (Å²) in [5, 5.41) is 6.73. The lowest BCUT2D eigenvalue weighted by Crippen LogP contribution is -2.53. The summed E-state index contributed by atoms with van der Waals surface area (Å²) in [5.74, 6) is 0.289. The van der Waals surface area contributed by atoms with Gasteiger partial charge in [0, 0.05) is 13.1 Å². The van der Waals surface area contributed by atoms with Crippen LogP contribution in [-0.2, 0) is 4.79 Å². The lowest BCUT2D eigenvalue weighted by molar-refractivity contribution is -0.133. The van der Waals surface area contributed by atoms with Crippen LogP contribution in [0.1, 0.15) is 52.4 Å². The molecule has 122 valence electrons. The smallest absolute Gasteiger partial charge is 0.227 e. The van der Waals surface area contributed by atoms with Crippen LogP contribution < -0.4 is 10.6 Å². The van der Waals surface area contributed by atoms with Gasteiger partial charge in [0.25, 0.3) is 0 Å². The molecule has 0 saturated carbocycles. The van der Waals surface area contributed by atoms with Crippen molar-refractivity contribution in [3.8, 4) is 0 Å². The van der Waals surface area contributed by atoms with E-state index in [1.54, 1.807) is 0 Å². The summed E-state index contributed by atoms with van der Waals surface area (Å²) in [7, 11) is 2.18. The van der Waals surface area contributed by atoms with Crippen molar-refractivity contribution in [2.24, 2.45) is 10.8 Å². The summed E-state index contributed by atoms with van der Waals surface area (Å²) in [6.45, 7) is 9.55. The quantitative estimate of drug-likeness (QED) is 0.815. The molecule has 2 N–H and O–H groups in total. The predicted octanol–water partition coefficient (Wildman–Crippen LogP) is 2.00. The maximum absolute atomic E-state index is 12.8. The van der Waals surface area contributed by atoms with Crippen LogP contribution in [0.4, 0.5) is 0 Å². The van der Waals surface area contributed by atoms with Crippen molar-refractivity contribution in [2.45, 2.75) is 52.4 Å². The SMILES string of the molecule is CCCC1(C(=O)NCC2(C)CCN(C)CC2)CCCNC1. The second-order valence-corrected chi connectivity index (χ2v) is 7.61. The lowest BCUT2D eigenvalue weighted by atomic mass is 9.75. The Labute approximate surface area is 130 Å². The van der Waals surface area contributed by atoms with Crippen molar-refractivity contribution in [3.63, 3.8) is 0 Å². The van der Waals surface area contributed by atoms with E-state index in [0.717, 1.165) is 58.4 Å². The number of nitrogens with zero attached hydrogens (tertiary/aromatic N) is 1. The number of hydrogen-bond donors (Lipinski definition) is 2. The first kappa shape index (κ1) is 16.8. The van der Waals surface area contributed by atoms with Gasteiger partial charge in [-0.3, -0.25) is 4.79 Å². The van der Waals surface area contributed by atoms with Gasteiger partial charge in [-0.1, -0.05) is 20.3 Å².